The average molecular weight is 328 g/mol. The van der Waals surface area contributed by atoms with Crippen LogP contribution in [0, 0.1) is 0 Å². The third kappa shape index (κ3) is 7.33. The van der Waals surface area contributed by atoms with E-state index in [1.807, 2.05) is 30.3 Å². The van der Waals surface area contributed by atoms with Gasteiger partial charge in [0.1, 0.15) is 6.10 Å². The van der Waals surface area contributed by atoms with Crippen LogP contribution in [0.2, 0.25) is 0 Å². The van der Waals surface area contributed by atoms with Gasteiger partial charge in [-0.25, -0.2) is 4.79 Å². The summed E-state index contributed by atoms with van der Waals surface area (Å²) in [5.74, 6) is -0.212. The molecule has 0 saturated heterocycles. The first-order chi connectivity index (χ1) is 11.8. The summed E-state index contributed by atoms with van der Waals surface area (Å²) < 4.78 is 5.79. The maximum absolute atomic E-state index is 12.4. The second-order valence-corrected chi connectivity index (χ2v) is 7.05. The lowest BCUT2D eigenvalue weighted by atomic mass is 9.99. The van der Waals surface area contributed by atoms with E-state index in [4.69, 9.17) is 4.74 Å². The molecule has 1 aromatic rings. The molecule has 2 nitrogen and oxygen atoms in total. The van der Waals surface area contributed by atoms with Crippen LogP contribution in [0.25, 0.3) is 0 Å². The fourth-order valence-electron chi connectivity index (χ4n) is 3.39. The molecule has 132 valence electrons. The summed E-state index contributed by atoms with van der Waals surface area (Å²) in [4.78, 5) is 12.4. The fraction of sp³-hybridized carbons (Fsp3) is 0.591. The normalized spacial score (nSPS) is 18.2. The molecule has 1 aliphatic rings. The number of hydrogen-bond donors (Lipinski definition) is 0. The third-order valence-electron chi connectivity index (χ3n) is 4.87. The van der Waals surface area contributed by atoms with Crippen molar-refractivity contribution in [2.24, 2.45) is 0 Å². The van der Waals surface area contributed by atoms with Gasteiger partial charge in [-0.15, -0.1) is 0 Å². The van der Waals surface area contributed by atoms with Crippen LogP contribution in [0.1, 0.15) is 76.2 Å². The first kappa shape index (κ1) is 18.8. The third-order valence-corrected chi connectivity index (χ3v) is 4.87. The molecule has 2 heteroatoms. The summed E-state index contributed by atoms with van der Waals surface area (Å²) in [7, 11) is 0. The van der Waals surface area contributed by atoms with Gasteiger partial charge in [-0.05, 0) is 31.2 Å². The Hall–Kier alpha value is -1.57. The molecule has 1 saturated carbocycles. The molecule has 1 aromatic carbocycles. The molecular weight excluding hydrogens is 296 g/mol. The highest BCUT2D eigenvalue weighted by molar-refractivity contribution is 5.88. The molecule has 1 aliphatic carbocycles. The lowest BCUT2D eigenvalue weighted by Crippen LogP contribution is -2.20. The van der Waals surface area contributed by atoms with Crippen molar-refractivity contribution in [2.45, 2.75) is 83.2 Å². The molecule has 0 amide bonds. The van der Waals surface area contributed by atoms with E-state index in [1.54, 1.807) is 0 Å². The van der Waals surface area contributed by atoms with Crippen LogP contribution in [0.4, 0.5) is 0 Å². The lowest BCUT2D eigenvalue weighted by molar-refractivity contribution is -0.145. The first-order valence-electron chi connectivity index (χ1n) is 9.68. The Balaban J connectivity index is 1.81. The summed E-state index contributed by atoms with van der Waals surface area (Å²) >= 11 is 0. The maximum atomic E-state index is 12.4. The minimum absolute atomic E-state index is 0.0736. The van der Waals surface area contributed by atoms with Gasteiger partial charge in [0, 0.05) is 12.0 Å². The lowest BCUT2D eigenvalue weighted by Gasteiger charge is -2.19. The Labute approximate surface area is 147 Å². The van der Waals surface area contributed by atoms with Gasteiger partial charge in [0.2, 0.25) is 0 Å². The van der Waals surface area contributed by atoms with E-state index >= 15 is 0 Å². The van der Waals surface area contributed by atoms with E-state index in [9.17, 15) is 4.79 Å². The van der Waals surface area contributed by atoms with Gasteiger partial charge in [-0.3, -0.25) is 0 Å². The van der Waals surface area contributed by atoms with Gasteiger partial charge in [0.25, 0.3) is 0 Å². The molecule has 0 aromatic heterocycles. The highest BCUT2D eigenvalue weighted by Crippen LogP contribution is 2.20. The number of benzene rings is 1. The molecule has 0 spiro atoms. The molecule has 0 aliphatic heterocycles. The molecule has 24 heavy (non-hydrogen) atoms. The highest BCUT2D eigenvalue weighted by Gasteiger charge is 2.17. The van der Waals surface area contributed by atoms with Crippen LogP contribution < -0.4 is 0 Å². The predicted octanol–water partition coefficient (Wildman–Crippen LogP) is 6.00. The minimum Gasteiger partial charge on any atom is -0.459 e. The molecule has 0 radical (unpaired) electrons. The van der Waals surface area contributed by atoms with Gasteiger partial charge in [-0.1, -0.05) is 81.9 Å². The van der Waals surface area contributed by atoms with Crippen LogP contribution in [0.15, 0.2) is 42.5 Å². The van der Waals surface area contributed by atoms with Crippen LogP contribution in [0.3, 0.4) is 0 Å². The molecule has 1 fully saturated rings. The van der Waals surface area contributed by atoms with E-state index in [0.29, 0.717) is 12.0 Å². The monoisotopic (exact) mass is 328 g/mol. The summed E-state index contributed by atoms with van der Waals surface area (Å²) in [6.07, 6.45) is 14.3. The molecule has 2 rings (SSSR count). The number of hydrogen-bond acceptors (Lipinski definition) is 2. The van der Waals surface area contributed by atoms with Gasteiger partial charge in [-0.2, -0.15) is 0 Å². The van der Waals surface area contributed by atoms with Gasteiger partial charge in [0.15, 0.2) is 0 Å². The van der Waals surface area contributed by atoms with Crippen molar-refractivity contribution in [3.05, 3.63) is 48.0 Å². The number of esters is 1. The quantitative estimate of drug-likeness (QED) is 0.500. The van der Waals surface area contributed by atoms with E-state index in [0.717, 1.165) is 18.4 Å². The standard InChI is InChI=1S/C22H32O2/c1-19(18-20-14-10-9-11-15-20)22(23)24-21-16-12-7-5-3-2-4-6-8-13-17-21/h9-11,14-15,21H,1-8,12-13,16-18H2. The Morgan fingerprint density at radius 3 is 1.92 bits per heavy atom. The molecule has 0 heterocycles. The second kappa shape index (κ2) is 11.1. The molecule has 0 unspecified atom stereocenters. The summed E-state index contributed by atoms with van der Waals surface area (Å²) in [5, 5.41) is 0. The van der Waals surface area contributed by atoms with Crippen molar-refractivity contribution in [1.82, 2.24) is 0 Å². The first-order valence-corrected chi connectivity index (χ1v) is 9.68. The van der Waals surface area contributed by atoms with Crippen LogP contribution in [0.5, 0.6) is 0 Å². The number of carbonyl (C=O) groups excluding carboxylic acids is 1. The maximum Gasteiger partial charge on any atom is 0.334 e. The molecule has 0 bridgehead atoms. The SMILES string of the molecule is C=C(Cc1ccccc1)C(=O)OC1CCCCCCCCCCC1. The summed E-state index contributed by atoms with van der Waals surface area (Å²) in [6.45, 7) is 3.94. The van der Waals surface area contributed by atoms with E-state index in [2.05, 4.69) is 6.58 Å². The van der Waals surface area contributed by atoms with E-state index < -0.39 is 0 Å². The van der Waals surface area contributed by atoms with Crippen molar-refractivity contribution in [1.29, 1.82) is 0 Å². The Morgan fingerprint density at radius 1 is 0.875 bits per heavy atom. The Bertz CT molecular complexity index is 480. The van der Waals surface area contributed by atoms with Crippen molar-refractivity contribution in [2.75, 3.05) is 0 Å². The van der Waals surface area contributed by atoms with Crippen LogP contribution in [-0.4, -0.2) is 12.1 Å². The zero-order valence-electron chi connectivity index (χ0n) is 15.0. The smallest absolute Gasteiger partial charge is 0.334 e. The minimum atomic E-state index is -0.212. The molecule has 0 N–H and O–H groups in total. The molecular formula is C22H32O2. The number of rotatable bonds is 4. The van der Waals surface area contributed by atoms with Crippen molar-refractivity contribution in [3.8, 4) is 0 Å². The summed E-state index contributed by atoms with van der Waals surface area (Å²) in [6, 6.07) is 10.00. The van der Waals surface area contributed by atoms with Gasteiger partial charge >= 0.3 is 5.97 Å². The fourth-order valence-corrected chi connectivity index (χ4v) is 3.39. The van der Waals surface area contributed by atoms with Crippen molar-refractivity contribution < 1.29 is 9.53 Å². The highest BCUT2D eigenvalue weighted by atomic mass is 16.5. The average Bonchev–Trinajstić information content (AvgIpc) is 2.58. The summed E-state index contributed by atoms with van der Waals surface area (Å²) in [5.41, 5.74) is 1.67. The topological polar surface area (TPSA) is 26.3 Å². The van der Waals surface area contributed by atoms with Crippen LogP contribution in [-0.2, 0) is 16.0 Å². The predicted molar refractivity (Wildman–Crippen MR) is 100.0 cm³/mol. The van der Waals surface area contributed by atoms with E-state index in [1.165, 1.54) is 57.8 Å². The number of ether oxygens (including phenoxy) is 1. The second-order valence-electron chi connectivity index (χ2n) is 7.05. The van der Waals surface area contributed by atoms with Crippen LogP contribution >= 0.6 is 0 Å². The zero-order valence-corrected chi connectivity index (χ0v) is 15.0. The number of carbonyl (C=O) groups is 1. The molecule has 0 atom stereocenters. The van der Waals surface area contributed by atoms with Gasteiger partial charge in [0.05, 0.1) is 0 Å². The Morgan fingerprint density at radius 2 is 1.38 bits per heavy atom. The van der Waals surface area contributed by atoms with E-state index in [-0.39, 0.29) is 12.1 Å². The Kier molecular flexibility index (Phi) is 8.65. The van der Waals surface area contributed by atoms with Crippen molar-refractivity contribution >= 4 is 5.97 Å². The largest absolute Gasteiger partial charge is 0.459 e. The van der Waals surface area contributed by atoms with Gasteiger partial charge < -0.3 is 4.74 Å². The van der Waals surface area contributed by atoms with Crippen molar-refractivity contribution in [3.63, 3.8) is 0 Å². The zero-order chi connectivity index (χ0) is 17.0.